The summed E-state index contributed by atoms with van der Waals surface area (Å²) in [5, 5.41) is 11.8. The molecule has 2 rings (SSSR count). The minimum absolute atomic E-state index is 0.0523. The first-order valence-corrected chi connectivity index (χ1v) is 7.50. The van der Waals surface area contributed by atoms with E-state index in [1.54, 1.807) is 0 Å². The maximum atomic E-state index is 13.9. The minimum atomic E-state index is -1.46. The molecular weight excluding hydrogens is 276 g/mol. The highest BCUT2D eigenvalue weighted by Gasteiger charge is 2.23. The fourth-order valence-electron chi connectivity index (χ4n) is 3.05. The van der Waals surface area contributed by atoms with Crippen molar-refractivity contribution in [1.82, 2.24) is 0 Å². The van der Waals surface area contributed by atoms with Crippen molar-refractivity contribution in [3.05, 3.63) is 29.3 Å². The smallest absolute Gasteiger partial charge is 0.338 e. The predicted molar refractivity (Wildman–Crippen MR) is 77.6 cm³/mol. The summed E-state index contributed by atoms with van der Waals surface area (Å²) in [6, 6.07) is 2.54. The van der Waals surface area contributed by atoms with E-state index in [1.807, 2.05) is 0 Å². The van der Waals surface area contributed by atoms with E-state index >= 15 is 0 Å². The van der Waals surface area contributed by atoms with Crippen LogP contribution in [-0.2, 0) is 0 Å². The summed E-state index contributed by atoms with van der Waals surface area (Å²) >= 11 is 0. The fourth-order valence-corrected chi connectivity index (χ4v) is 3.05. The van der Waals surface area contributed by atoms with Crippen LogP contribution in [0.15, 0.2) is 12.1 Å². The normalized spacial score (nSPS) is 22.0. The fraction of sp³-hybridized carbons (Fsp3) is 0.562. The Morgan fingerprint density at radius 2 is 1.90 bits per heavy atom. The Bertz CT molecular complexity index is 511. The molecule has 0 radical (unpaired) electrons. The molecule has 0 atom stereocenters. The summed E-state index contributed by atoms with van der Waals surface area (Å²) in [5.74, 6) is -3.13. The second-order valence-electron chi connectivity index (χ2n) is 5.74. The number of carbonyl (C=O) groups is 1. The van der Waals surface area contributed by atoms with Gasteiger partial charge in [-0.2, -0.15) is 0 Å². The number of nitrogens with one attached hydrogen (secondary N) is 1. The molecule has 0 spiro atoms. The monoisotopic (exact) mass is 297 g/mol. The first kappa shape index (κ1) is 15.7. The second-order valence-corrected chi connectivity index (χ2v) is 5.74. The van der Waals surface area contributed by atoms with Crippen molar-refractivity contribution < 1.29 is 18.7 Å². The number of aromatic carboxylic acids is 1. The first-order chi connectivity index (χ1) is 10.0. The van der Waals surface area contributed by atoms with Crippen molar-refractivity contribution in [2.24, 2.45) is 5.92 Å². The molecule has 0 amide bonds. The van der Waals surface area contributed by atoms with E-state index in [2.05, 4.69) is 12.2 Å². The lowest BCUT2D eigenvalue weighted by Crippen LogP contribution is -2.26. The number of anilines is 1. The van der Waals surface area contributed by atoms with E-state index in [4.69, 9.17) is 5.11 Å². The molecule has 5 heteroatoms. The van der Waals surface area contributed by atoms with Crippen LogP contribution in [0.2, 0.25) is 0 Å². The predicted octanol–water partition coefficient (Wildman–Crippen LogP) is 4.43. The molecule has 1 aromatic rings. The number of halogens is 2. The van der Waals surface area contributed by atoms with Crippen LogP contribution in [0.1, 0.15) is 55.8 Å². The summed E-state index contributed by atoms with van der Waals surface area (Å²) in [4.78, 5) is 10.7. The van der Waals surface area contributed by atoms with Crippen molar-refractivity contribution in [3.63, 3.8) is 0 Å². The second kappa shape index (κ2) is 6.87. The molecule has 0 unspecified atom stereocenters. The van der Waals surface area contributed by atoms with E-state index in [9.17, 15) is 13.6 Å². The lowest BCUT2D eigenvalue weighted by Gasteiger charge is -2.29. The molecule has 0 aromatic heterocycles. The van der Waals surface area contributed by atoms with Crippen LogP contribution in [0.25, 0.3) is 0 Å². The van der Waals surface area contributed by atoms with Crippen molar-refractivity contribution in [2.45, 2.75) is 51.5 Å². The van der Waals surface area contributed by atoms with Crippen molar-refractivity contribution in [1.29, 1.82) is 0 Å². The molecule has 1 fully saturated rings. The molecule has 0 heterocycles. The van der Waals surface area contributed by atoms with Crippen LogP contribution in [0.3, 0.4) is 0 Å². The Morgan fingerprint density at radius 3 is 2.48 bits per heavy atom. The van der Waals surface area contributed by atoms with E-state index in [-0.39, 0.29) is 11.7 Å². The van der Waals surface area contributed by atoms with Gasteiger partial charge in [0.25, 0.3) is 0 Å². The zero-order chi connectivity index (χ0) is 15.4. The van der Waals surface area contributed by atoms with Gasteiger partial charge in [-0.15, -0.1) is 0 Å². The van der Waals surface area contributed by atoms with Crippen LogP contribution >= 0.6 is 0 Å². The van der Waals surface area contributed by atoms with Gasteiger partial charge in [-0.05, 0) is 43.7 Å². The van der Waals surface area contributed by atoms with Gasteiger partial charge in [0.2, 0.25) is 0 Å². The highest BCUT2D eigenvalue weighted by Crippen LogP contribution is 2.30. The van der Waals surface area contributed by atoms with Gasteiger partial charge in [-0.1, -0.05) is 19.8 Å². The molecule has 1 aliphatic carbocycles. The molecular formula is C16H21F2NO2. The molecule has 0 aliphatic heterocycles. The summed E-state index contributed by atoms with van der Waals surface area (Å²) < 4.78 is 27.5. The van der Waals surface area contributed by atoms with E-state index in [0.29, 0.717) is 0 Å². The molecule has 1 aromatic carbocycles. The minimum Gasteiger partial charge on any atom is -0.478 e. The molecule has 3 nitrogen and oxygen atoms in total. The number of carboxylic acids is 1. The Kier molecular flexibility index (Phi) is 5.15. The lowest BCUT2D eigenvalue weighted by atomic mass is 9.83. The van der Waals surface area contributed by atoms with Gasteiger partial charge < -0.3 is 10.4 Å². The Morgan fingerprint density at radius 1 is 1.24 bits per heavy atom. The zero-order valence-electron chi connectivity index (χ0n) is 12.2. The molecule has 116 valence electrons. The lowest BCUT2D eigenvalue weighted by molar-refractivity contribution is 0.0690. The quantitative estimate of drug-likeness (QED) is 0.845. The molecule has 1 aliphatic rings. The van der Waals surface area contributed by atoms with Crippen molar-refractivity contribution >= 4 is 11.7 Å². The third-order valence-electron chi connectivity index (χ3n) is 4.22. The standard InChI is InChI=1S/C16H21F2NO2/c1-2-3-10-4-6-11(7-5-10)19-13-9-8-12(16(20)21)14(17)15(13)18/h8-11,19H,2-7H2,1H3,(H,20,21). The Balaban J connectivity index is 2.01. The van der Waals surface area contributed by atoms with Crippen LogP contribution in [0, 0.1) is 17.6 Å². The molecule has 0 saturated heterocycles. The van der Waals surface area contributed by atoms with Crippen molar-refractivity contribution in [3.8, 4) is 0 Å². The van der Waals surface area contributed by atoms with Gasteiger partial charge in [-0.25, -0.2) is 13.6 Å². The number of hydrogen-bond acceptors (Lipinski definition) is 2. The van der Waals surface area contributed by atoms with Crippen LogP contribution in [0.4, 0.5) is 14.5 Å². The van der Waals surface area contributed by atoms with Gasteiger partial charge in [0, 0.05) is 6.04 Å². The van der Waals surface area contributed by atoms with Crippen LogP contribution in [0.5, 0.6) is 0 Å². The van der Waals surface area contributed by atoms with Crippen molar-refractivity contribution in [2.75, 3.05) is 5.32 Å². The van der Waals surface area contributed by atoms with E-state index in [0.717, 1.165) is 37.7 Å². The third-order valence-corrected chi connectivity index (χ3v) is 4.22. The SMILES string of the molecule is CCCC1CCC(Nc2ccc(C(=O)O)c(F)c2F)CC1. The highest BCUT2D eigenvalue weighted by molar-refractivity contribution is 5.88. The Labute approximate surface area is 123 Å². The average Bonchev–Trinajstić information content (AvgIpc) is 2.46. The first-order valence-electron chi connectivity index (χ1n) is 7.50. The molecule has 0 bridgehead atoms. The van der Waals surface area contributed by atoms with E-state index in [1.165, 1.54) is 18.9 Å². The third kappa shape index (κ3) is 3.71. The van der Waals surface area contributed by atoms with Gasteiger partial charge >= 0.3 is 5.97 Å². The average molecular weight is 297 g/mol. The maximum Gasteiger partial charge on any atom is 0.338 e. The van der Waals surface area contributed by atoms with Gasteiger partial charge in [-0.3, -0.25) is 0 Å². The molecule has 2 N–H and O–H groups in total. The van der Waals surface area contributed by atoms with E-state index < -0.39 is 23.2 Å². The summed E-state index contributed by atoms with van der Waals surface area (Å²) in [7, 11) is 0. The number of rotatable bonds is 5. The topological polar surface area (TPSA) is 49.3 Å². The largest absolute Gasteiger partial charge is 0.478 e. The molecule has 21 heavy (non-hydrogen) atoms. The van der Waals surface area contributed by atoms with Crippen LogP contribution in [-0.4, -0.2) is 17.1 Å². The molecule has 1 saturated carbocycles. The van der Waals surface area contributed by atoms with Gasteiger partial charge in [0.15, 0.2) is 11.6 Å². The summed E-state index contributed by atoms with van der Waals surface area (Å²) in [6.07, 6.45) is 6.48. The maximum absolute atomic E-state index is 13.9. The Hall–Kier alpha value is -1.65. The summed E-state index contributed by atoms with van der Waals surface area (Å²) in [5.41, 5.74) is -0.582. The number of carboxylic acid groups (broad SMARTS) is 1. The highest BCUT2D eigenvalue weighted by atomic mass is 19.2. The van der Waals surface area contributed by atoms with Crippen LogP contribution < -0.4 is 5.32 Å². The number of hydrogen-bond donors (Lipinski definition) is 2. The zero-order valence-corrected chi connectivity index (χ0v) is 12.2. The number of benzene rings is 1. The van der Waals surface area contributed by atoms with Gasteiger partial charge in [0.05, 0.1) is 11.3 Å². The summed E-state index contributed by atoms with van der Waals surface area (Å²) in [6.45, 7) is 2.17. The van der Waals surface area contributed by atoms with Gasteiger partial charge in [0.1, 0.15) is 0 Å².